The number of rotatable bonds is 9. The zero-order valence-electron chi connectivity index (χ0n) is 19.6. The quantitative estimate of drug-likeness (QED) is 0.133. The fourth-order valence-corrected chi connectivity index (χ4v) is 4.35. The third-order valence-electron chi connectivity index (χ3n) is 6.12. The van der Waals surface area contributed by atoms with Crippen molar-refractivity contribution in [2.75, 3.05) is 0 Å². The highest BCUT2D eigenvalue weighted by Crippen LogP contribution is 2.28. The lowest BCUT2D eigenvalue weighted by Crippen LogP contribution is -2.07. The van der Waals surface area contributed by atoms with E-state index in [1.165, 1.54) is 5.56 Å². The van der Waals surface area contributed by atoms with E-state index >= 15 is 0 Å². The van der Waals surface area contributed by atoms with Gasteiger partial charge in [0.25, 0.3) is 0 Å². The molecule has 4 aromatic carbocycles. The van der Waals surface area contributed by atoms with Crippen molar-refractivity contribution in [2.24, 2.45) is 0 Å². The first-order valence-corrected chi connectivity index (χ1v) is 11.7. The number of ketones is 1. The normalized spacial score (nSPS) is 11.3. The Hall–Kier alpha value is -3.99. The highest BCUT2D eigenvalue weighted by atomic mass is 17.2. The van der Waals surface area contributed by atoms with Gasteiger partial charge in [-0.05, 0) is 41.3 Å². The zero-order chi connectivity index (χ0) is 24.0. The molecule has 4 nitrogen and oxygen atoms in total. The number of nitrogens with zero attached hydrogens (tertiary/aromatic N) is 1. The minimum absolute atomic E-state index is 0.0457. The van der Waals surface area contributed by atoms with Gasteiger partial charge < -0.3 is 4.57 Å². The van der Waals surface area contributed by atoms with Gasteiger partial charge in [-0.1, -0.05) is 97.1 Å². The molecule has 0 fully saturated rings. The molecule has 0 saturated heterocycles. The predicted molar refractivity (Wildman–Crippen MR) is 138 cm³/mol. The average Bonchev–Trinajstić information content (AvgIpc) is 3.26. The molecule has 0 amide bonds. The maximum absolute atomic E-state index is 12.4. The van der Waals surface area contributed by atoms with Gasteiger partial charge in [0.15, 0.2) is 5.78 Å². The molecule has 0 aliphatic heterocycles. The molecule has 4 heteroatoms. The number of carbonyl (C=O) groups excluding carboxylic acids is 1. The summed E-state index contributed by atoms with van der Waals surface area (Å²) in [5.74, 6) is 0.0457. The van der Waals surface area contributed by atoms with Crippen LogP contribution >= 0.6 is 0 Å². The second kappa shape index (κ2) is 10.5. The van der Waals surface area contributed by atoms with Gasteiger partial charge in [0.1, 0.15) is 12.7 Å². The molecule has 0 bridgehead atoms. The van der Waals surface area contributed by atoms with Crippen LogP contribution in [-0.4, -0.2) is 10.4 Å². The van der Waals surface area contributed by atoms with Crippen LogP contribution in [0.3, 0.4) is 0 Å². The van der Waals surface area contributed by atoms with E-state index < -0.39 is 0 Å². The van der Waals surface area contributed by atoms with Crippen molar-refractivity contribution in [3.8, 4) is 0 Å². The molecule has 0 spiro atoms. The molecule has 5 rings (SSSR count). The van der Waals surface area contributed by atoms with Gasteiger partial charge in [0.05, 0.1) is 0 Å². The molecule has 0 saturated carbocycles. The topological polar surface area (TPSA) is 40.5 Å². The lowest BCUT2D eigenvalue weighted by Gasteiger charge is -2.17. The van der Waals surface area contributed by atoms with Crippen molar-refractivity contribution in [3.63, 3.8) is 0 Å². The van der Waals surface area contributed by atoms with E-state index in [0.29, 0.717) is 12.1 Å². The number of hydrogen-bond acceptors (Lipinski definition) is 3. The first-order valence-electron chi connectivity index (χ1n) is 11.7. The second-order valence-corrected chi connectivity index (χ2v) is 8.62. The molecule has 1 aromatic heterocycles. The number of hydrogen-bond donors (Lipinski definition) is 0. The van der Waals surface area contributed by atoms with Crippen molar-refractivity contribution in [3.05, 3.63) is 143 Å². The Morgan fingerprint density at radius 1 is 0.771 bits per heavy atom. The van der Waals surface area contributed by atoms with Crippen molar-refractivity contribution >= 4 is 16.7 Å². The summed E-state index contributed by atoms with van der Waals surface area (Å²) in [5, 5.41) is 0.928. The number of aromatic nitrogens is 1. The fraction of sp³-hybridized carbons (Fsp3) is 0.129. The maximum Gasteiger partial charge on any atom is 0.161 e. The first-order chi connectivity index (χ1) is 17.2. The number of fused-ring (bicyclic) bond motifs is 1. The maximum atomic E-state index is 12.4. The van der Waals surface area contributed by atoms with Gasteiger partial charge in [-0.15, -0.1) is 0 Å². The standard InChI is InChI=1S/C31H27NO3/c1-23(33)29-21-32(20-24-11-5-2-6-12-24)30-18-17-25(19-28(29)30)22-34-35-31(26-13-7-3-8-14-26)27-15-9-4-10-16-27/h2-19,21,31H,20,22H2,1H3. The summed E-state index contributed by atoms with van der Waals surface area (Å²) in [6, 6.07) is 36.4. The minimum Gasteiger partial charge on any atom is -0.342 e. The van der Waals surface area contributed by atoms with Crippen LogP contribution in [0.15, 0.2) is 115 Å². The molecule has 0 N–H and O–H groups in total. The smallest absolute Gasteiger partial charge is 0.161 e. The van der Waals surface area contributed by atoms with Crippen molar-refractivity contribution in [2.45, 2.75) is 26.2 Å². The largest absolute Gasteiger partial charge is 0.342 e. The fourth-order valence-electron chi connectivity index (χ4n) is 4.35. The molecular formula is C31H27NO3. The third-order valence-corrected chi connectivity index (χ3v) is 6.12. The third kappa shape index (κ3) is 5.24. The molecule has 1 heterocycles. The molecular weight excluding hydrogens is 434 g/mol. The molecule has 0 aliphatic rings. The molecule has 0 unspecified atom stereocenters. The van der Waals surface area contributed by atoms with Crippen molar-refractivity contribution < 1.29 is 14.6 Å². The van der Waals surface area contributed by atoms with Gasteiger partial charge in [0.2, 0.25) is 0 Å². The van der Waals surface area contributed by atoms with E-state index in [4.69, 9.17) is 9.78 Å². The lowest BCUT2D eigenvalue weighted by molar-refractivity contribution is -0.327. The van der Waals surface area contributed by atoms with Gasteiger partial charge >= 0.3 is 0 Å². The van der Waals surface area contributed by atoms with Crippen LogP contribution in [0.2, 0.25) is 0 Å². The van der Waals surface area contributed by atoms with E-state index in [1.54, 1.807) is 6.92 Å². The second-order valence-electron chi connectivity index (χ2n) is 8.62. The number of Topliss-reactive ketones (excluding diaryl/α,β-unsaturated/α-hetero) is 1. The van der Waals surface area contributed by atoms with E-state index in [2.05, 4.69) is 22.8 Å². The molecule has 174 valence electrons. The van der Waals surface area contributed by atoms with Crippen LogP contribution in [0.1, 0.15) is 45.6 Å². The first kappa shape index (κ1) is 22.8. The highest BCUT2D eigenvalue weighted by molar-refractivity contribution is 6.07. The van der Waals surface area contributed by atoms with Gasteiger partial charge in [0, 0.05) is 29.2 Å². The monoisotopic (exact) mass is 461 g/mol. The summed E-state index contributed by atoms with van der Waals surface area (Å²) in [4.78, 5) is 24.1. The highest BCUT2D eigenvalue weighted by Gasteiger charge is 2.17. The van der Waals surface area contributed by atoms with Crippen LogP contribution < -0.4 is 0 Å². The van der Waals surface area contributed by atoms with Crippen LogP contribution in [-0.2, 0) is 22.9 Å². The molecule has 35 heavy (non-hydrogen) atoms. The number of benzene rings is 4. The van der Waals surface area contributed by atoms with Crippen LogP contribution in [0.4, 0.5) is 0 Å². The Morgan fingerprint density at radius 2 is 1.37 bits per heavy atom. The summed E-state index contributed by atoms with van der Waals surface area (Å²) in [5.41, 5.74) is 5.91. The van der Waals surface area contributed by atoms with Gasteiger partial charge in [-0.3, -0.25) is 4.79 Å². The number of carbonyl (C=O) groups is 1. The van der Waals surface area contributed by atoms with Crippen LogP contribution in [0, 0.1) is 0 Å². The molecule has 0 atom stereocenters. The van der Waals surface area contributed by atoms with Gasteiger partial charge in [-0.2, -0.15) is 0 Å². The Balaban J connectivity index is 1.36. The summed E-state index contributed by atoms with van der Waals surface area (Å²) >= 11 is 0. The van der Waals surface area contributed by atoms with Crippen molar-refractivity contribution in [1.82, 2.24) is 4.57 Å². The summed E-state index contributed by atoms with van der Waals surface area (Å²) in [6.45, 7) is 2.59. The summed E-state index contributed by atoms with van der Waals surface area (Å²) < 4.78 is 2.13. The predicted octanol–water partition coefficient (Wildman–Crippen LogP) is 7.13. The van der Waals surface area contributed by atoms with E-state index in [0.717, 1.165) is 27.6 Å². The summed E-state index contributed by atoms with van der Waals surface area (Å²) in [7, 11) is 0. The zero-order valence-corrected chi connectivity index (χ0v) is 19.6. The minimum atomic E-state index is -0.333. The van der Waals surface area contributed by atoms with E-state index in [-0.39, 0.29) is 18.5 Å². The Kier molecular flexibility index (Phi) is 6.85. The Morgan fingerprint density at radius 3 is 1.97 bits per heavy atom. The molecule has 0 radical (unpaired) electrons. The van der Waals surface area contributed by atoms with Crippen LogP contribution in [0.5, 0.6) is 0 Å². The van der Waals surface area contributed by atoms with E-state index in [9.17, 15) is 4.79 Å². The summed E-state index contributed by atoms with van der Waals surface area (Å²) in [6.07, 6.45) is 1.61. The van der Waals surface area contributed by atoms with E-state index in [1.807, 2.05) is 97.2 Å². The molecule has 0 aliphatic carbocycles. The average molecular weight is 462 g/mol. The van der Waals surface area contributed by atoms with Crippen LogP contribution in [0.25, 0.3) is 10.9 Å². The Labute approximate surface area is 205 Å². The van der Waals surface area contributed by atoms with Crippen molar-refractivity contribution in [1.29, 1.82) is 0 Å². The lowest BCUT2D eigenvalue weighted by atomic mass is 10.0. The Bertz CT molecular complexity index is 1370. The SMILES string of the molecule is CC(=O)c1cn(Cc2ccccc2)c2ccc(COOC(c3ccccc3)c3ccccc3)cc12. The molecule has 5 aromatic rings. The van der Waals surface area contributed by atoms with Gasteiger partial charge in [-0.25, -0.2) is 9.78 Å².